The van der Waals surface area contributed by atoms with Gasteiger partial charge in [-0.2, -0.15) is 0 Å². The summed E-state index contributed by atoms with van der Waals surface area (Å²) in [7, 11) is 5.50. The summed E-state index contributed by atoms with van der Waals surface area (Å²) in [6, 6.07) is 8.24. The van der Waals surface area contributed by atoms with Gasteiger partial charge < -0.3 is 14.2 Å². The lowest BCUT2D eigenvalue weighted by atomic mass is 10.1. The highest BCUT2D eigenvalue weighted by Crippen LogP contribution is 2.30. The zero-order chi connectivity index (χ0) is 23.6. The van der Waals surface area contributed by atoms with E-state index in [2.05, 4.69) is 0 Å². The van der Waals surface area contributed by atoms with Gasteiger partial charge in [-0.1, -0.05) is 17.7 Å². The van der Waals surface area contributed by atoms with Crippen LogP contribution in [-0.4, -0.2) is 61.9 Å². The van der Waals surface area contributed by atoms with E-state index in [1.807, 2.05) is 0 Å². The Balaban J connectivity index is 1.83. The molecule has 0 radical (unpaired) electrons. The molecule has 0 unspecified atom stereocenters. The molecule has 0 N–H and O–H groups in total. The SMILES string of the molecule is COc1ccc(C(=O)Oc2ccc(C=C3C(=O)N(C)C(=O)N(C)C3=O)cc2Cl)cc1OC. The zero-order valence-electron chi connectivity index (χ0n) is 17.7. The summed E-state index contributed by atoms with van der Waals surface area (Å²) in [5, 5.41) is 0.0849. The van der Waals surface area contributed by atoms with Gasteiger partial charge in [0.2, 0.25) is 0 Å². The first-order valence-electron chi connectivity index (χ1n) is 9.23. The Kier molecular flexibility index (Phi) is 6.50. The molecule has 1 fully saturated rings. The van der Waals surface area contributed by atoms with Crippen molar-refractivity contribution >= 4 is 41.5 Å². The molecule has 1 aliphatic rings. The van der Waals surface area contributed by atoms with Crippen LogP contribution in [0.15, 0.2) is 42.0 Å². The second-order valence-electron chi connectivity index (χ2n) is 6.72. The van der Waals surface area contributed by atoms with Gasteiger partial charge in [0.15, 0.2) is 11.5 Å². The van der Waals surface area contributed by atoms with Gasteiger partial charge in [-0.15, -0.1) is 0 Å². The molecule has 4 amide bonds. The monoisotopic (exact) mass is 458 g/mol. The van der Waals surface area contributed by atoms with Crippen molar-refractivity contribution in [3.05, 3.63) is 58.1 Å². The molecule has 32 heavy (non-hydrogen) atoms. The molecule has 1 aliphatic heterocycles. The summed E-state index contributed by atoms with van der Waals surface area (Å²) >= 11 is 6.24. The number of hydrogen-bond acceptors (Lipinski definition) is 7. The Bertz CT molecular complexity index is 1130. The number of methoxy groups -OCH3 is 2. The van der Waals surface area contributed by atoms with E-state index in [0.29, 0.717) is 17.1 Å². The van der Waals surface area contributed by atoms with Crippen LogP contribution in [0.25, 0.3) is 6.08 Å². The third-order valence-electron chi connectivity index (χ3n) is 4.73. The molecule has 10 heteroatoms. The molecule has 0 saturated carbocycles. The Morgan fingerprint density at radius 1 is 0.875 bits per heavy atom. The molecule has 9 nitrogen and oxygen atoms in total. The zero-order valence-corrected chi connectivity index (χ0v) is 18.4. The van der Waals surface area contributed by atoms with Crippen LogP contribution in [0.3, 0.4) is 0 Å². The van der Waals surface area contributed by atoms with Crippen LogP contribution < -0.4 is 14.2 Å². The fourth-order valence-corrected chi connectivity index (χ4v) is 3.18. The second-order valence-corrected chi connectivity index (χ2v) is 7.13. The second kappa shape index (κ2) is 9.11. The summed E-state index contributed by atoms with van der Waals surface area (Å²) < 4.78 is 15.7. The number of likely N-dealkylation sites (N-methyl/N-ethyl adjacent to an activating group) is 2. The molecular weight excluding hydrogens is 440 g/mol. The van der Waals surface area contributed by atoms with E-state index in [1.165, 1.54) is 64.7 Å². The van der Waals surface area contributed by atoms with E-state index in [-0.39, 0.29) is 21.9 Å². The van der Waals surface area contributed by atoms with Gasteiger partial charge >= 0.3 is 12.0 Å². The molecule has 0 aromatic heterocycles. The summed E-state index contributed by atoms with van der Waals surface area (Å²) in [6.07, 6.45) is 1.32. The van der Waals surface area contributed by atoms with Crippen LogP contribution in [0.4, 0.5) is 4.79 Å². The average Bonchev–Trinajstić information content (AvgIpc) is 2.80. The molecule has 2 aromatic carbocycles. The van der Waals surface area contributed by atoms with E-state index in [1.54, 1.807) is 6.07 Å². The van der Waals surface area contributed by atoms with Crippen molar-refractivity contribution in [2.45, 2.75) is 0 Å². The standard InChI is InChI=1S/C22H19ClN2O7/c1-24-19(26)14(20(27)25(2)22(24)29)9-12-5-7-16(15(23)10-12)32-21(28)13-6-8-17(30-3)18(11-13)31-4/h5-11H,1-4H3. The minimum absolute atomic E-state index is 0.0827. The van der Waals surface area contributed by atoms with Gasteiger partial charge in [0, 0.05) is 14.1 Å². The van der Waals surface area contributed by atoms with Crippen LogP contribution in [0.5, 0.6) is 17.2 Å². The molecule has 0 bridgehead atoms. The molecule has 0 spiro atoms. The van der Waals surface area contributed by atoms with E-state index < -0.39 is 23.8 Å². The smallest absolute Gasteiger partial charge is 0.343 e. The van der Waals surface area contributed by atoms with Crippen molar-refractivity contribution in [3.8, 4) is 17.2 Å². The first-order chi connectivity index (χ1) is 15.2. The summed E-state index contributed by atoms with van der Waals surface area (Å²) in [5.74, 6) is -1.21. The maximum absolute atomic E-state index is 12.5. The summed E-state index contributed by atoms with van der Waals surface area (Å²) in [4.78, 5) is 50.7. The van der Waals surface area contributed by atoms with Crippen molar-refractivity contribution in [1.29, 1.82) is 0 Å². The third-order valence-corrected chi connectivity index (χ3v) is 5.03. The molecular formula is C22H19ClN2O7. The Morgan fingerprint density at radius 2 is 1.47 bits per heavy atom. The highest BCUT2D eigenvalue weighted by molar-refractivity contribution is 6.33. The number of carbonyl (C=O) groups excluding carboxylic acids is 4. The van der Waals surface area contributed by atoms with Gasteiger partial charge in [0.05, 0.1) is 24.8 Å². The number of hydrogen-bond donors (Lipinski definition) is 0. The maximum Gasteiger partial charge on any atom is 0.343 e. The normalized spacial score (nSPS) is 13.9. The maximum atomic E-state index is 12.5. The van der Waals surface area contributed by atoms with E-state index in [0.717, 1.165) is 9.80 Å². The number of ether oxygens (including phenoxy) is 3. The highest BCUT2D eigenvalue weighted by atomic mass is 35.5. The van der Waals surface area contributed by atoms with Gasteiger partial charge in [-0.25, -0.2) is 9.59 Å². The van der Waals surface area contributed by atoms with Crippen LogP contribution in [-0.2, 0) is 9.59 Å². The fourth-order valence-electron chi connectivity index (χ4n) is 2.95. The number of amides is 4. The van der Waals surface area contributed by atoms with E-state index in [4.69, 9.17) is 25.8 Å². The number of barbiturate groups is 1. The number of nitrogens with zero attached hydrogens (tertiary/aromatic N) is 2. The van der Waals surface area contributed by atoms with Crippen LogP contribution in [0, 0.1) is 0 Å². The van der Waals surface area contributed by atoms with Crippen LogP contribution in [0.1, 0.15) is 15.9 Å². The van der Waals surface area contributed by atoms with Crippen molar-refractivity contribution in [2.75, 3.05) is 28.3 Å². The van der Waals surface area contributed by atoms with Crippen LogP contribution >= 0.6 is 11.6 Å². The van der Waals surface area contributed by atoms with Crippen LogP contribution in [0.2, 0.25) is 5.02 Å². The van der Waals surface area contributed by atoms with E-state index >= 15 is 0 Å². The first kappa shape index (κ1) is 22.8. The molecule has 1 saturated heterocycles. The minimum Gasteiger partial charge on any atom is -0.493 e. The average molecular weight is 459 g/mol. The topological polar surface area (TPSA) is 102 Å². The Morgan fingerprint density at radius 3 is 2.03 bits per heavy atom. The van der Waals surface area contributed by atoms with Gasteiger partial charge in [-0.3, -0.25) is 19.4 Å². The first-order valence-corrected chi connectivity index (χ1v) is 9.61. The van der Waals surface area contributed by atoms with Crippen molar-refractivity contribution in [1.82, 2.24) is 9.80 Å². The third kappa shape index (κ3) is 4.28. The quantitative estimate of drug-likeness (QED) is 0.293. The number of esters is 1. The molecule has 0 aliphatic carbocycles. The summed E-state index contributed by atoms with van der Waals surface area (Å²) in [5.41, 5.74) is 0.438. The lowest BCUT2D eigenvalue weighted by Gasteiger charge is -2.28. The van der Waals surface area contributed by atoms with Gasteiger partial charge in [0.25, 0.3) is 11.8 Å². The van der Waals surface area contributed by atoms with Crippen molar-refractivity contribution in [3.63, 3.8) is 0 Å². The number of imide groups is 2. The molecule has 2 aromatic rings. The highest BCUT2D eigenvalue weighted by Gasteiger charge is 2.37. The molecule has 0 atom stereocenters. The largest absolute Gasteiger partial charge is 0.493 e. The van der Waals surface area contributed by atoms with Crippen molar-refractivity contribution in [2.24, 2.45) is 0 Å². The predicted octanol–water partition coefficient (Wildman–Crippen LogP) is 3.01. The Labute approximate surface area is 188 Å². The number of carbonyl (C=O) groups is 4. The van der Waals surface area contributed by atoms with Gasteiger partial charge in [0.1, 0.15) is 11.3 Å². The number of halogens is 1. The minimum atomic E-state index is -0.724. The molecule has 166 valence electrons. The fraction of sp³-hybridized carbons (Fsp3) is 0.182. The summed E-state index contributed by atoms with van der Waals surface area (Å²) in [6.45, 7) is 0. The molecule has 1 heterocycles. The Hall–Kier alpha value is -3.85. The number of rotatable bonds is 5. The predicted molar refractivity (Wildman–Crippen MR) is 115 cm³/mol. The number of urea groups is 1. The van der Waals surface area contributed by atoms with Gasteiger partial charge in [-0.05, 0) is 42.0 Å². The number of benzene rings is 2. The van der Waals surface area contributed by atoms with E-state index in [9.17, 15) is 19.2 Å². The van der Waals surface area contributed by atoms with Crippen molar-refractivity contribution < 1.29 is 33.4 Å². The lowest BCUT2D eigenvalue weighted by molar-refractivity contribution is -0.134. The lowest BCUT2D eigenvalue weighted by Crippen LogP contribution is -2.52. The molecule has 3 rings (SSSR count).